The van der Waals surface area contributed by atoms with Gasteiger partial charge in [0.1, 0.15) is 5.75 Å². The third-order valence-electron chi connectivity index (χ3n) is 7.04. The van der Waals surface area contributed by atoms with Crippen molar-refractivity contribution in [2.75, 3.05) is 12.0 Å². The molecule has 4 aromatic carbocycles. The van der Waals surface area contributed by atoms with E-state index in [0.29, 0.717) is 6.04 Å². The quantitative estimate of drug-likeness (QED) is 0.315. The molecule has 166 valence electrons. The molecule has 0 radical (unpaired) electrons. The molecule has 0 spiro atoms. The average molecular weight is 434 g/mol. The summed E-state index contributed by atoms with van der Waals surface area (Å²) in [5.74, 6) is 0.971. The number of fused-ring (bicyclic) bond motifs is 1. The third-order valence-corrected chi connectivity index (χ3v) is 7.04. The molecule has 0 unspecified atom stereocenters. The zero-order valence-electron chi connectivity index (χ0n) is 19.4. The molecule has 0 aromatic heterocycles. The molecule has 0 saturated carbocycles. The Bertz CT molecular complexity index is 1200. The molecule has 2 nitrogen and oxygen atoms in total. The molecule has 1 aliphatic rings. The van der Waals surface area contributed by atoms with Gasteiger partial charge in [0.2, 0.25) is 0 Å². The van der Waals surface area contributed by atoms with Crippen molar-refractivity contribution in [2.24, 2.45) is 0 Å². The minimum atomic E-state index is -0.0150. The van der Waals surface area contributed by atoms with Crippen LogP contribution in [-0.4, -0.2) is 7.11 Å². The summed E-state index contributed by atoms with van der Waals surface area (Å²) in [6.07, 6.45) is 1.98. The second kappa shape index (κ2) is 9.15. The van der Waals surface area contributed by atoms with Crippen molar-refractivity contribution in [1.82, 2.24) is 0 Å². The average Bonchev–Trinajstić information content (AvgIpc) is 2.87. The van der Waals surface area contributed by atoms with Crippen molar-refractivity contribution in [3.05, 3.63) is 131 Å². The van der Waals surface area contributed by atoms with Crippen LogP contribution in [0.2, 0.25) is 0 Å². The van der Waals surface area contributed by atoms with Crippen molar-refractivity contribution >= 4 is 5.69 Å². The van der Waals surface area contributed by atoms with Crippen LogP contribution in [0, 0.1) is 0 Å². The van der Waals surface area contributed by atoms with E-state index in [1.165, 1.54) is 27.9 Å². The Morgan fingerprint density at radius 1 is 0.788 bits per heavy atom. The fraction of sp³-hybridized carbons (Fsp3) is 0.226. The highest BCUT2D eigenvalue weighted by atomic mass is 16.5. The first-order valence-corrected chi connectivity index (χ1v) is 11.7. The zero-order valence-corrected chi connectivity index (χ0v) is 19.4. The van der Waals surface area contributed by atoms with E-state index in [1.807, 2.05) is 6.07 Å². The monoisotopic (exact) mass is 433 g/mol. The number of hydrogen-bond donors (Lipinski definition) is 0. The number of anilines is 1. The molecular weight excluding hydrogens is 402 g/mol. The van der Waals surface area contributed by atoms with Crippen LogP contribution in [0.15, 0.2) is 109 Å². The van der Waals surface area contributed by atoms with Gasteiger partial charge in [0, 0.05) is 17.6 Å². The largest absolute Gasteiger partial charge is 0.496 e. The van der Waals surface area contributed by atoms with Gasteiger partial charge in [0.15, 0.2) is 0 Å². The Hall–Kier alpha value is -3.52. The number of nitrogens with zero attached hydrogens (tertiary/aromatic N) is 1. The molecule has 2 heteroatoms. The van der Waals surface area contributed by atoms with E-state index >= 15 is 0 Å². The van der Waals surface area contributed by atoms with Gasteiger partial charge in [-0.2, -0.15) is 0 Å². The summed E-state index contributed by atoms with van der Waals surface area (Å²) in [6, 6.07) is 39.5. The molecule has 0 saturated heterocycles. The number of benzene rings is 4. The predicted octanol–water partition coefficient (Wildman–Crippen LogP) is 7.35. The highest BCUT2D eigenvalue weighted by Crippen LogP contribution is 2.50. The summed E-state index contributed by atoms with van der Waals surface area (Å²) in [4.78, 5) is 2.60. The number of methoxy groups -OCH3 is 1. The van der Waals surface area contributed by atoms with Crippen LogP contribution in [0.5, 0.6) is 5.75 Å². The predicted molar refractivity (Wildman–Crippen MR) is 137 cm³/mol. The minimum absolute atomic E-state index is 0.0150. The Labute approximate surface area is 197 Å². The van der Waals surface area contributed by atoms with Crippen LogP contribution < -0.4 is 9.64 Å². The van der Waals surface area contributed by atoms with Crippen LogP contribution in [0.25, 0.3) is 0 Å². The van der Waals surface area contributed by atoms with Crippen LogP contribution in [0.3, 0.4) is 0 Å². The molecule has 2 atom stereocenters. The molecule has 0 bridgehead atoms. The second-order valence-corrected chi connectivity index (χ2v) is 9.31. The van der Waals surface area contributed by atoms with Crippen LogP contribution in [-0.2, 0) is 18.4 Å². The lowest BCUT2D eigenvalue weighted by Gasteiger charge is -2.48. The topological polar surface area (TPSA) is 12.5 Å². The fourth-order valence-corrected chi connectivity index (χ4v) is 5.43. The van der Waals surface area contributed by atoms with E-state index in [1.54, 1.807) is 7.11 Å². The van der Waals surface area contributed by atoms with Crippen molar-refractivity contribution in [1.29, 1.82) is 0 Å². The Kier molecular flexibility index (Phi) is 5.92. The minimum Gasteiger partial charge on any atom is -0.496 e. The number of ether oxygens (including phenoxy) is 1. The molecule has 4 aromatic rings. The van der Waals surface area contributed by atoms with Crippen molar-refractivity contribution in [3.63, 3.8) is 0 Å². The lowest BCUT2D eigenvalue weighted by Crippen LogP contribution is -2.42. The summed E-state index contributed by atoms with van der Waals surface area (Å²) in [5.41, 5.74) is 6.70. The van der Waals surface area contributed by atoms with Crippen LogP contribution in [0.4, 0.5) is 5.69 Å². The summed E-state index contributed by atoms with van der Waals surface area (Å²) >= 11 is 0. The van der Waals surface area contributed by atoms with Crippen molar-refractivity contribution < 1.29 is 4.74 Å². The van der Waals surface area contributed by atoms with E-state index in [-0.39, 0.29) is 5.41 Å². The van der Waals surface area contributed by atoms with Gasteiger partial charge in [-0.05, 0) is 47.2 Å². The van der Waals surface area contributed by atoms with E-state index in [0.717, 1.165) is 25.1 Å². The lowest BCUT2D eigenvalue weighted by molar-refractivity contribution is 0.344. The highest BCUT2D eigenvalue weighted by Gasteiger charge is 2.41. The smallest absolute Gasteiger partial charge is 0.122 e. The van der Waals surface area contributed by atoms with Gasteiger partial charge in [-0.3, -0.25) is 0 Å². The van der Waals surface area contributed by atoms with Crippen molar-refractivity contribution in [2.45, 2.75) is 37.8 Å². The first kappa shape index (κ1) is 21.3. The maximum Gasteiger partial charge on any atom is 0.122 e. The Morgan fingerprint density at radius 2 is 1.42 bits per heavy atom. The van der Waals surface area contributed by atoms with Crippen LogP contribution in [0.1, 0.15) is 41.6 Å². The van der Waals surface area contributed by atoms with Gasteiger partial charge >= 0.3 is 0 Å². The fourth-order valence-electron chi connectivity index (χ4n) is 5.43. The molecular formula is C31H31NO. The van der Waals surface area contributed by atoms with Gasteiger partial charge < -0.3 is 9.64 Å². The first-order chi connectivity index (χ1) is 16.2. The highest BCUT2D eigenvalue weighted by molar-refractivity contribution is 5.62. The maximum atomic E-state index is 5.72. The molecule has 1 aliphatic heterocycles. The molecule has 33 heavy (non-hydrogen) atoms. The molecule has 0 aliphatic carbocycles. The summed E-state index contributed by atoms with van der Waals surface area (Å²) < 4.78 is 5.72. The molecule has 0 fully saturated rings. The molecule has 5 rings (SSSR count). The molecule has 1 heterocycles. The Morgan fingerprint density at radius 3 is 2.18 bits per heavy atom. The Balaban J connectivity index is 1.62. The van der Waals surface area contributed by atoms with E-state index in [2.05, 4.69) is 115 Å². The second-order valence-electron chi connectivity index (χ2n) is 9.31. The number of para-hydroxylation sites is 2. The SMILES string of the molecule is COc1ccccc1C[C@]1(C)C[C@@H](c2ccccc2)N(Cc2ccccc2)c2ccccc21. The normalized spacial score (nSPS) is 19.7. The van der Waals surface area contributed by atoms with Gasteiger partial charge in [0.05, 0.1) is 13.2 Å². The number of rotatable bonds is 6. The van der Waals surface area contributed by atoms with Gasteiger partial charge in [0.25, 0.3) is 0 Å². The van der Waals surface area contributed by atoms with Gasteiger partial charge in [-0.15, -0.1) is 0 Å². The van der Waals surface area contributed by atoms with Gasteiger partial charge in [-0.1, -0.05) is 104 Å². The van der Waals surface area contributed by atoms with Crippen molar-refractivity contribution in [3.8, 4) is 5.75 Å². The van der Waals surface area contributed by atoms with E-state index in [9.17, 15) is 0 Å². The van der Waals surface area contributed by atoms with E-state index < -0.39 is 0 Å². The lowest BCUT2D eigenvalue weighted by atomic mass is 9.68. The summed E-state index contributed by atoms with van der Waals surface area (Å²) in [5, 5.41) is 0. The van der Waals surface area contributed by atoms with Crippen LogP contribution >= 0.6 is 0 Å². The third kappa shape index (κ3) is 4.26. The van der Waals surface area contributed by atoms with E-state index in [4.69, 9.17) is 4.74 Å². The zero-order chi connectivity index (χ0) is 22.7. The summed E-state index contributed by atoms with van der Waals surface area (Å²) in [7, 11) is 1.77. The number of hydrogen-bond acceptors (Lipinski definition) is 2. The maximum absolute atomic E-state index is 5.72. The van der Waals surface area contributed by atoms with Gasteiger partial charge in [-0.25, -0.2) is 0 Å². The molecule has 0 amide bonds. The standard InChI is InChI=1S/C31H31NO/c1-31(21-26-17-9-12-20-30(26)33-2)22-29(25-15-7-4-8-16-25)32(23-24-13-5-3-6-14-24)28-19-11-10-18-27(28)31/h3-20,29H,21-23H2,1-2H3/t29-,31+/m0/s1. The molecule has 0 N–H and O–H groups in total. The summed E-state index contributed by atoms with van der Waals surface area (Å²) in [6.45, 7) is 3.32. The first-order valence-electron chi connectivity index (χ1n) is 11.7.